The van der Waals surface area contributed by atoms with Crippen LogP contribution in [0.3, 0.4) is 0 Å². The third kappa shape index (κ3) is 4.56. The van der Waals surface area contributed by atoms with Crippen LogP contribution < -0.4 is 0 Å². The van der Waals surface area contributed by atoms with Gasteiger partial charge in [-0.25, -0.2) is 9.59 Å². The van der Waals surface area contributed by atoms with Crippen molar-refractivity contribution >= 4 is 11.9 Å². The summed E-state index contributed by atoms with van der Waals surface area (Å²) >= 11 is 0. The molecule has 4 bridgehead atoms. The first-order valence-corrected chi connectivity index (χ1v) is 12.9. The van der Waals surface area contributed by atoms with Gasteiger partial charge in [0.1, 0.15) is 11.2 Å². The van der Waals surface area contributed by atoms with Crippen LogP contribution in [0.25, 0.3) is 0 Å². The maximum atomic E-state index is 13.1. The molecule has 5 saturated carbocycles. The van der Waals surface area contributed by atoms with Crippen LogP contribution in [0.4, 0.5) is 0 Å². The summed E-state index contributed by atoms with van der Waals surface area (Å²) < 4.78 is 12.2. The minimum Gasteiger partial charge on any atom is -0.456 e. The van der Waals surface area contributed by atoms with Crippen LogP contribution in [0.15, 0.2) is 24.3 Å². The summed E-state index contributed by atoms with van der Waals surface area (Å²) in [6, 6.07) is 0. The predicted molar refractivity (Wildman–Crippen MR) is 126 cm³/mol. The number of carbonyl (C=O) groups excluding carboxylic acids is 2. The van der Waals surface area contributed by atoms with Crippen molar-refractivity contribution in [2.75, 3.05) is 0 Å². The standard InChI is InChI=1S/C28H42O4/c1-6-28(32-25(29)18(2)3)10-7-8-20(9-11-28)12-19(4)26(30)31-27(5)23-14-21-13-22(16-23)17-24(27)15-21/h20-24H,2,4,6-17H2,1,3,5H3. The van der Waals surface area contributed by atoms with Crippen molar-refractivity contribution in [3.05, 3.63) is 24.3 Å². The summed E-state index contributed by atoms with van der Waals surface area (Å²) in [7, 11) is 0. The van der Waals surface area contributed by atoms with E-state index in [9.17, 15) is 9.59 Å². The molecule has 5 aliphatic rings. The second-order valence-corrected chi connectivity index (χ2v) is 11.7. The molecule has 32 heavy (non-hydrogen) atoms. The first-order chi connectivity index (χ1) is 15.1. The van der Waals surface area contributed by atoms with Gasteiger partial charge in [-0.1, -0.05) is 20.1 Å². The molecule has 178 valence electrons. The number of rotatable bonds is 7. The van der Waals surface area contributed by atoms with Gasteiger partial charge < -0.3 is 9.47 Å². The van der Waals surface area contributed by atoms with Gasteiger partial charge in [-0.2, -0.15) is 0 Å². The molecule has 0 amide bonds. The Labute approximate surface area is 194 Å². The highest BCUT2D eigenvalue weighted by atomic mass is 16.6. The van der Waals surface area contributed by atoms with Crippen molar-refractivity contribution in [1.29, 1.82) is 0 Å². The molecule has 4 nitrogen and oxygen atoms in total. The zero-order valence-corrected chi connectivity index (χ0v) is 20.4. The van der Waals surface area contributed by atoms with Crippen LogP contribution in [-0.4, -0.2) is 23.1 Å². The largest absolute Gasteiger partial charge is 0.456 e. The molecule has 0 aromatic heterocycles. The molecule has 0 aliphatic heterocycles. The maximum Gasteiger partial charge on any atom is 0.333 e. The Morgan fingerprint density at radius 3 is 2.09 bits per heavy atom. The fourth-order valence-corrected chi connectivity index (χ4v) is 7.46. The topological polar surface area (TPSA) is 52.6 Å². The quantitative estimate of drug-likeness (QED) is 0.255. The Hall–Kier alpha value is -1.58. The molecule has 2 atom stereocenters. The smallest absolute Gasteiger partial charge is 0.333 e. The number of hydrogen-bond acceptors (Lipinski definition) is 4. The molecular formula is C28H42O4. The normalized spacial score (nSPS) is 40.4. The minimum absolute atomic E-state index is 0.181. The first-order valence-electron chi connectivity index (χ1n) is 12.9. The average molecular weight is 443 g/mol. The first kappa shape index (κ1) is 23.6. The Balaban J connectivity index is 1.32. The second kappa shape index (κ2) is 8.99. The molecular weight excluding hydrogens is 400 g/mol. The summed E-state index contributed by atoms with van der Waals surface area (Å²) in [5.74, 6) is 2.69. The molecule has 0 heterocycles. The highest BCUT2D eigenvalue weighted by Crippen LogP contribution is 2.59. The number of ether oxygens (including phenoxy) is 2. The van der Waals surface area contributed by atoms with Gasteiger partial charge in [0.2, 0.25) is 0 Å². The van der Waals surface area contributed by atoms with Crippen LogP contribution in [0.1, 0.15) is 97.8 Å². The molecule has 0 saturated heterocycles. The van der Waals surface area contributed by atoms with Crippen molar-refractivity contribution in [3.63, 3.8) is 0 Å². The third-order valence-electron chi connectivity index (χ3n) is 9.45. The molecule has 4 heteroatoms. The van der Waals surface area contributed by atoms with Crippen LogP contribution in [-0.2, 0) is 19.1 Å². The van der Waals surface area contributed by atoms with E-state index in [-0.39, 0.29) is 17.5 Å². The van der Waals surface area contributed by atoms with Gasteiger partial charge in [0.15, 0.2) is 0 Å². The average Bonchev–Trinajstić information content (AvgIpc) is 2.94. The van der Waals surface area contributed by atoms with E-state index in [1.165, 1.54) is 32.1 Å². The van der Waals surface area contributed by atoms with Crippen molar-refractivity contribution in [3.8, 4) is 0 Å². The zero-order valence-electron chi connectivity index (χ0n) is 20.4. The van der Waals surface area contributed by atoms with Gasteiger partial charge in [0.25, 0.3) is 0 Å². The van der Waals surface area contributed by atoms with E-state index in [1.807, 2.05) is 0 Å². The minimum atomic E-state index is -0.402. The van der Waals surface area contributed by atoms with Crippen LogP contribution in [0.5, 0.6) is 0 Å². The van der Waals surface area contributed by atoms with E-state index in [2.05, 4.69) is 27.0 Å². The molecule has 0 aromatic rings. The van der Waals surface area contributed by atoms with E-state index in [1.54, 1.807) is 6.92 Å². The van der Waals surface area contributed by atoms with Crippen molar-refractivity contribution in [2.45, 2.75) is 109 Å². The molecule has 0 radical (unpaired) electrons. The van der Waals surface area contributed by atoms with Crippen molar-refractivity contribution in [2.24, 2.45) is 29.6 Å². The Bertz CT molecular complexity index is 752. The molecule has 5 rings (SSSR count). The summed E-state index contributed by atoms with van der Waals surface area (Å²) in [5.41, 5.74) is 0.367. The Morgan fingerprint density at radius 1 is 0.906 bits per heavy atom. The van der Waals surface area contributed by atoms with Crippen molar-refractivity contribution < 1.29 is 19.1 Å². The van der Waals surface area contributed by atoms with Gasteiger partial charge >= 0.3 is 11.9 Å². The third-order valence-corrected chi connectivity index (χ3v) is 9.45. The Morgan fingerprint density at radius 2 is 1.53 bits per heavy atom. The van der Waals surface area contributed by atoms with E-state index in [4.69, 9.17) is 9.47 Å². The fourth-order valence-electron chi connectivity index (χ4n) is 7.46. The van der Waals surface area contributed by atoms with Crippen molar-refractivity contribution in [1.82, 2.24) is 0 Å². The van der Waals surface area contributed by atoms with Gasteiger partial charge in [0.05, 0.1) is 0 Å². The lowest BCUT2D eigenvalue weighted by molar-refractivity contribution is -0.199. The summed E-state index contributed by atoms with van der Waals surface area (Å²) in [6.45, 7) is 13.9. The number of carbonyl (C=O) groups is 2. The summed E-state index contributed by atoms with van der Waals surface area (Å²) in [5, 5.41) is 0. The van der Waals surface area contributed by atoms with Crippen LogP contribution >= 0.6 is 0 Å². The molecule has 5 aliphatic carbocycles. The molecule has 5 fully saturated rings. The van der Waals surface area contributed by atoms with Gasteiger partial charge in [-0.05, 0) is 120 Å². The molecule has 0 spiro atoms. The van der Waals surface area contributed by atoms with Crippen LogP contribution in [0, 0.1) is 29.6 Å². The highest BCUT2D eigenvalue weighted by Gasteiger charge is 2.57. The predicted octanol–water partition coefficient (Wildman–Crippen LogP) is 6.54. The van der Waals surface area contributed by atoms with Gasteiger partial charge in [0, 0.05) is 11.1 Å². The molecule has 0 aromatic carbocycles. The SMILES string of the molecule is C=C(C)C(=O)OC1(CC)CCCC(CC(=C)C(=O)OC2(C)C3CC4CC(C3)CC2C4)CC1. The number of esters is 2. The summed E-state index contributed by atoms with van der Waals surface area (Å²) in [6.07, 6.45) is 12.5. The van der Waals surface area contributed by atoms with E-state index in [0.29, 0.717) is 35.3 Å². The van der Waals surface area contributed by atoms with Crippen LogP contribution in [0.2, 0.25) is 0 Å². The van der Waals surface area contributed by atoms with E-state index < -0.39 is 5.60 Å². The van der Waals surface area contributed by atoms with Gasteiger partial charge in [-0.3, -0.25) is 0 Å². The number of hydrogen-bond donors (Lipinski definition) is 0. The fraction of sp³-hybridized carbons (Fsp3) is 0.786. The van der Waals surface area contributed by atoms with Gasteiger partial charge in [-0.15, -0.1) is 0 Å². The Kier molecular flexibility index (Phi) is 6.62. The highest BCUT2D eigenvalue weighted by molar-refractivity contribution is 5.88. The van der Waals surface area contributed by atoms with E-state index >= 15 is 0 Å². The van der Waals surface area contributed by atoms with E-state index in [0.717, 1.165) is 50.4 Å². The lowest BCUT2D eigenvalue weighted by atomic mass is 9.50. The molecule has 2 unspecified atom stereocenters. The molecule has 0 N–H and O–H groups in total. The second-order valence-electron chi connectivity index (χ2n) is 11.7. The lowest BCUT2D eigenvalue weighted by Crippen LogP contribution is -2.58. The summed E-state index contributed by atoms with van der Waals surface area (Å²) in [4.78, 5) is 25.3. The zero-order chi connectivity index (χ0) is 23.1. The lowest BCUT2D eigenvalue weighted by Gasteiger charge is -2.59. The monoisotopic (exact) mass is 442 g/mol. The maximum absolute atomic E-state index is 13.1.